The molecule has 0 unspecified atom stereocenters. The van der Waals surface area contributed by atoms with Crippen LogP contribution in [-0.2, 0) is 16.0 Å². The number of hydrogen-bond acceptors (Lipinski definition) is 4. The van der Waals surface area contributed by atoms with Crippen LogP contribution in [0.4, 0.5) is 0 Å². The van der Waals surface area contributed by atoms with Crippen LogP contribution in [-0.4, -0.2) is 20.2 Å². The molecule has 84 valence electrons. The number of methoxy groups -OCH3 is 2. The Morgan fingerprint density at radius 2 is 2.19 bits per heavy atom. The van der Waals surface area contributed by atoms with Gasteiger partial charge in [-0.25, -0.2) is 0 Å². The quantitative estimate of drug-likeness (QED) is 0.797. The highest BCUT2D eigenvalue weighted by Gasteiger charge is 2.13. The first-order valence-electron chi connectivity index (χ1n) is 4.45. The molecule has 0 N–H and O–H groups in total. The van der Waals surface area contributed by atoms with Gasteiger partial charge in [-0.2, -0.15) is 5.26 Å². The number of carbonyl (C=O) groups is 1. The maximum Gasteiger partial charge on any atom is 0.310 e. The van der Waals surface area contributed by atoms with E-state index in [0.29, 0.717) is 21.3 Å². The first-order valence-corrected chi connectivity index (χ1v) is 5.25. The van der Waals surface area contributed by atoms with E-state index in [1.807, 2.05) is 6.07 Å². The Labute approximate surface area is 102 Å². The monoisotopic (exact) mass is 283 g/mol. The van der Waals surface area contributed by atoms with Crippen LogP contribution in [0, 0.1) is 11.3 Å². The largest absolute Gasteiger partial charge is 0.497 e. The highest BCUT2D eigenvalue weighted by molar-refractivity contribution is 9.10. The van der Waals surface area contributed by atoms with Gasteiger partial charge in [0, 0.05) is 4.47 Å². The molecule has 1 rings (SSSR count). The second-order valence-electron chi connectivity index (χ2n) is 3.01. The van der Waals surface area contributed by atoms with E-state index in [1.54, 1.807) is 12.1 Å². The van der Waals surface area contributed by atoms with Crippen LogP contribution in [0.25, 0.3) is 0 Å². The van der Waals surface area contributed by atoms with E-state index in [4.69, 9.17) is 10.00 Å². The van der Waals surface area contributed by atoms with Crippen molar-refractivity contribution in [2.45, 2.75) is 6.42 Å². The van der Waals surface area contributed by atoms with Crippen molar-refractivity contribution in [1.82, 2.24) is 0 Å². The minimum Gasteiger partial charge on any atom is -0.497 e. The van der Waals surface area contributed by atoms with Gasteiger partial charge in [-0.15, -0.1) is 0 Å². The number of ether oxygens (including phenoxy) is 2. The Balaban J connectivity index is 3.19. The van der Waals surface area contributed by atoms with Crippen molar-refractivity contribution in [3.8, 4) is 11.8 Å². The number of nitrogens with zero attached hydrogens (tertiary/aromatic N) is 1. The van der Waals surface area contributed by atoms with Gasteiger partial charge in [0.15, 0.2) is 0 Å². The third-order valence-corrected chi connectivity index (χ3v) is 2.68. The average molecular weight is 284 g/mol. The summed E-state index contributed by atoms with van der Waals surface area (Å²) in [7, 11) is 2.83. The molecule has 0 aliphatic rings. The van der Waals surface area contributed by atoms with Crippen LogP contribution in [0.3, 0.4) is 0 Å². The molecule has 4 nitrogen and oxygen atoms in total. The van der Waals surface area contributed by atoms with E-state index in [-0.39, 0.29) is 6.42 Å². The SMILES string of the molecule is COC(=O)Cc1cc(OC)cc(Br)c1C#N. The van der Waals surface area contributed by atoms with Crippen molar-refractivity contribution >= 4 is 21.9 Å². The summed E-state index contributed by atoms with van der Waals surface area (Å²) in [5.74, 6) is 0.196. The lowest BCUT2D eigenvalue weighted by Gasteiger charge is -2.08. The van der Waals surface area contributed by atoms with E-state index in [1.165, 1.54) is 14.2 Å². The van der Waals surface area contributed by atoms with E-state index in [0.717, 1.165) is 0 Å². The minimum atomic E-state index is -0.392. The average Bonchev–Trinajstić information content (AvgIpc) is 2.28. The van der Waals surface area contributed by atoms with Crippen molar-refractivity contribution in [3.05, 3.63) is 27.7 Å². The molecule has 0 saturated carbocycles. The summed E-state index contributed by atoms with van der Waals surface area (Å²) in [6, 6.07) is 5.37. The van der Waals surface area contributed by atoms with Gasteiger partial charge in [0.1, 0.15) is 11.8 Å². The molecule has 0 atom stereocenters. The molecular formula is C11H10BrNO3. The third kappa shape index (κ3) is 2.74. The molecule has 0 aliphatic heterocycles. The zero-order valence-electron chi connectivity index (χ0n) is 8.91. The number of carbonyl (C=O) groups excluding carboxylic acids is 1. The summed E-state index contributed by atoms with van der Waals surface area (Å²) in [4.78, 5) is 11.2. The number of halogens is 1. The summed E-state index contributed by atoms with van der Waals surface area (Å²) in [6.45, 7) is 0. The molecular weight excluding hydrogens is 274 g/mol. The summed E-state index contributed by atoms with van der Waals surface area (Å²) in [5.41, 5.74) is 1.01. The van der Waals surface area contributed by atoms with Crippen molar-refractivity contribution in [2.24, 2.45) is 0 Å². The molecule has 0 saturated heterocycles. The van der Waals surface area contributed by atoms with Crippen molar-refractivity contribution < 1.29 is 14.3 Å². The van der Waals surface area contributed by atoms with Gasteiger partial charge in [-0.3, -0.25) is 4.79 Å². The third-order valence-electron chi connectivity index (χ3n) is 2.06. The predicted molar refractivity (Wildman–Crippen MR) is 61.1 cm³/mol. The number of hydrogen-bond donors (Lipinski definition) is 0. The Kier molecular flexibility index (Phi) is 4.32. The molecule has 0 bridgehead atoms. The number of nitriles is 1. The van der Waals surface area contributed by atoms with Gasteiger partial charge in [0.05, 0.1) is 26.2 Å². The second-order valence-corrected chi connectivity index (χ2v) is 3.86. The van der Waals surface area contributed by atoms with Gasteiger partial charge in [-0.1, -0.05) is 0 Å². The smallest absolute Gasteiger partial charge is 0.310 e. The molecule has 0 amide bonds. The molecule has 0 fully saturated rings. The fraction of sp³-hybridized carbons (Fsp3) is 0.273. The lowest BCUT2D eigenvalue weighted by Crippen LogP contribution is -2.06. The lowest BCUT2D eigenvalue weighted by atomic mass is 10.1. The van der Waals surface area contributed by atoms with Crippen LogP contribution in [0.2, 0.25) is 0 Å². The molecule has 0 aromatic heterocycles. The molecule has 0 aliphatic carbocycles. The van der Waals surface area contributed by atoms with Gasteiger partial charge < -0.3 is 9.47 Å². The standard InChI is InChI=1S/C11H10BrNO3/c1-15-8-3-7(4-11(14)16-2)9(6-13)10(12)5-8/h3,5H,4H2,1-2H3. The molecule has 0 radical (unpaired) electrons. The molecule has 1 aromatic rings. The second kappa shape index (κ2) is 5.52. The number of rotatable bonds is 3. The summed E-state index contributed by atoms with van der Waals surface area (Å²) < 4.78 is 10.2. The molecule has 5 heteroatoms. The van der Waals surface area contributed by atoms with Crippen LogP contribution in [0.1, 0.15) is 11.1 Å². The minimum absolute atomic E-state index is 0.0508. The molecule has 0 spiro atoms. The van der Waals surface area contributed by atoms with Crippen LogP contribution in [0.5, 0.6) is 5.75 Å². The number of esters is 1. The maximum atomic E-state index is 11.2. The van der Waals surface area contributed by atoms with Gasteiger partial charge in [0.2, 0.25) is 0 Å². The summed E-state index contributed by atoms with van der Waals surface area (Å²) in [6.07, 6.45) is 0.0508. The Bertz CT molecular complexity index is 451. The van der Waals surface area contributed by atoms with Crippen molar-refractivity contribution in [2.75, 3.05) is 14.2 Å². The topological polar surface area (TPSA) is 59.3 Å². The van der Waals surface area contributed by atoms with E-state index < -0.39 is 5.97 Å². The highest BCUT2D eigenvalue weighted by Crippen LogP contribution is 2.27. The highest BCUT2D eigenvalue weighted by atomic mass is 79.9. The van der Waals surface area contributed by atoms with Crippen molar-refractivity contribution in [3.63, 3.8) is 0 Å². The van der Waals surface area contributed by atoms with E-state index in [2.05, 4.69) is 20.7 Å². The van der Waals surface area contributed by atoms with E-state index in [9.17, 15) is 4.79 Å². The molecule has 0 heterocycles. The molecule has 1 aromatic carbocycles. The van der Waals surface area contributed by atoms with Crippen LogP contribution in [0.15, 0.2) is 16.6 Å². The lowest BCUT2D eigenvalue weighted by molar-refractivity contribution is -0.139. The summed E-state index contributed by atoms with van der Waals surface area (Å²) >= 11 is 3.26. The Hall–Kier alpha value is -1.54. The van der Waals surface area contributed by atoms with E-state index >= 15 is 0 Å². The Morgan fingerprint density at radius 1 is 1.50 bits per heavy atom. The van der Waals surface area contributed by atoms with Crippen LogP contribution < -0.4 is 4.74 Å². The van der Waals surface area contributed by atoms with Crippen molar-refractivity contribution in [1.29, 1.82) is 5.26 Å². The zero-order chi connectivity index (χ0) is 12.1. The first kappa shape index (κ1) is 12.5. The van der Waals surface area contributed by atoms with Gasteiger partial charge in [0.25, 0.3) is 0 Å². The summed E-state index contributed by atoms with van der Waals surface area (Å²) in [5, 5.41) is 8.98. The molecule has 16 heavy (non-hydrogen) atoms. The fourth-order valence-electron chi connectivity index (χ4n) is 1.25. The van der Waals surface area contributed by atoms with Gasteiger partial charge in [-0.05, 0) is 33.6 Å². The maximum absolute atomic E-state index is 11.2. The predicted octanol–water partition coefficient (Wildman–Crippen LogP) is 2.04. The normalized spacial score (nSPS) is 9.38. The number of benzene rings is 1. The first-order chi connectivity index (χ1) is 7.62. The fourth-order valence-corrected chi connectivity index (χ4v) is 1.82. The zero-order valence-corrected chi connectivity index (χ0v) is 10.5. The Morgan fingerprint density at radius 3 is 2.69 bits per heavy atom. The van der Waals surface area contributed by atoms with Crippen LogP contribution >= 0.6 is 15.9 Å². The van der Waals surface area contributed by atoms with Gasteiger partial charge >= 0.3 is 5.97 Å².